The van der Waals surface area contributed by atoms with E-state index in [0.717, 1.165) is 25.1 Å². The van der Waals surface area contributed by atoms with Crippen LogP contribution < -0.4 is 14.5 Å². The Balaban J connectivity index is 1.33. The fourth-order valence-corrected chi connectivity index (χ4v) is 5.68. The minimum Gasteiger partial charge on any atom is -0.359 e. The van der Waals surface area contributed by atoms with E-state index in [2.05, 4.69) is 19.6 Å². The van der Waals surface area contributed by atoms with E-state index in [4.69, 9.17) is 11.6 Å². The molecule has 2 aliphatic rings. The number of aryl methyl sites for hydroxylation is 1. The lowest BCUT2D eigenvalue weighted by Gasteiger charge is -2.35. The summed E-state index contributed by atoms with van der Waals surface area (Å²) in [5, 5.41) is 0.708. The molecule has 8 nitrogen and oxygen atoms in total. The number of benzene rings is 2. The second kappa shape index (κ2) is 8.64. The van der Waals surface area contributed by atoms with Crippen molar-refractivity contribution in [3.63, 3.8) is 0 Å². The molecule has 1 amide bonds. The minimum absolute atomic E-state index is 0.0208. The first-order chi connectivity index (χ1) is 15.9. The molecule has 1 aromatic heterocycles. The second-order valence-electron chi connectivity index (χ2n) is 8.06. The van der Waals surface area contributed by atoms with Crippen LogP contribution in [-0.4, -0.2) is 43.4 Å². The lowest BCUT2D eigenvalue weighted by Crippen LogP contribution is -2.44. The molecular weight excluding hydrogens is 462 g/mol. The first-order valence-electron chi connectivity index (χ1n) is 10.7. The average molecular weight is 484 g/mol. The highest BCUT2D eigenvalue weighted by molar-refractivity contribution is 7.92. The van der Waals surface area contributed by atoms with E-state index >= 15 is 0 Å². The predicted octanol–water partition coefficient (Wildman–Crippen LogP) is 3.49. The highest BCUT2D eigenvalue weighted by atomic mass is 35.5. The average Bonchev–Trinajstić information content (AvgIpc) is 3.20. The van der Waals surface area contributed by atoms with Crippen LogP contribution >= 0.6 is 11.6 Å². The van der Waals surface area contributed by atoms with Crippen LogP contribution in [0.4, 0.5) is 17.2 Å². The van der Waals surface area contributed by atoms with E-state index in [-0.39, 0.29) is 22.7 Å². The van der Waals surface area contributed by atoms with E-state index in [0.29, 0.717) is 23.7 Å². The Kier molecular flexibility index (Phi) is 5.67. The number of anilines is 3. The summed E-state index contributed by atoms with van der Waals surface area (Å²) >= 11 is 6.16. The highest BCUT2D eigenvalue weighted by Gasteiger charge is 2.38. The normalized spacial score (nSPS) is 18.3. The van der Waals surface area contributed by atoms with Gasteiger partial charge in [-0.05, 0) is 73.4 Å². The molecular formula is C23H22ClN5O3S. The van der Waals surface area contributed by atoms with E-state index in [1.807, 2.05) is 18.2 Å². The van der Waals surface area contributed by atoms with Gasteiger partial charge in [0.05, 0.1) is 4.90 Å². The SMILES string of the molecule is O=C1[C@@H](N2CCCc3cc(Cl)ccc32)CCN1c1ccc(S(=O)(=O)Nc2ccncn2)cc1. The summed E-state index contributed by atoms with van der Waals surface area (Å²) in [7, 11) is -3.79. The molecule has 0 radical (unpaired) electrons. The molecule has 1 fully saturated rings. The topological polar surface area (TPSA) is 95.5 Å². The van der Waals surface area contributed by atoms with Gasteiger partial charge >= 0.3 is 0 Å². The summed E-state index contributed by atoms with van der Waals surface area (Å²) in [6.45, 7) is 1.40. The van der Waals surface area contributed by atoms with Gasteiger partial charge < -0.3 is 9.80 Å². The maximum absolute atomic E-state index is 13.3. The van der Waals surface area contributed by atoms with Crippen LogP contribution in [0.5, 0.6) is 0 Å². The molecule has 3 aromatic rings. The molecule has 1 saturated heterocycles. The van der Waals surface area contributed by atoms with E-state index in [1.165, 1.54) is 36.3 Å². The van der Waals surface area contributed by atoms with Crippen LogP contribution in [0, 0.1) is 0 Å². The molecule has 170 valence electrons. The summed E-state index contributed by atoms with van der Waals surface area (Å²) in [5.41, 5.74) is 2.92. The van der Waals surface area contributed by atoms with Gasteiger partial charge in [-0.15, -0.1) is 0 Å². The molecule has 2 aromatic carbocycles. The zero-order valence-electron chi connectivity index (χ0n) is 17.7. The second-order valence-corrected chi connectivity index (χ2v) is 10.2. The van der Waals surface area contributed by atoms with Gasteiger partial charge in [-0.1, -0.05) is 11.6 Å². The third-order valence-electron chi connectivity index (χ3n) is 6.03. The van der Waals surface area contributed by atoms with Gasteiger partial charge in [0.1, 0.15) is 18.2 Å². The Morgan fingerprint density at radius 2 is 1.88 bits per heavy atom. The number of sulfonamides is 1. The van der Waals surface area contributed by atoms with Crippen molar-refractivity contribution in [2.45, 2.75) is 30.2 Å². The maximum atomic E-state index is 13.3. The van der Waals surface area contributed by atoms with E-state index in [9.17, 15) is 13.2 Å². The molecule has 3 heterocycles. The van der Waals surface area contributed by atoms with Gasteiger partial charge in [-0.3, -0.25) is 9.52 Å². The summed E-state index contributed by atoms with van der Waals surface area (Å²) in [4.78, 5) is 25.0. The van der Waals surface area contributed by atoms with Gasteiger partial charge in [0.2, 0.25) is 5.91 Å². The molecule has 2 aliphatic heterocycles. The van der Waals surface area contributed by atoms with Crippen LogP contribution in [0.3, 0.4) is 0 Å². The van der Waals surface area contributed by atoms with Crippen molar-refractivity contribution < 1.29 is 13.2 Å². The summed E-state index contributed by atoms with van der Waals surface area (Å²) < 4.78 is 27.7. The number of halogens is 1. The highest BCUT2D eigenvalue weighted by Crippen LogP contribution is 2.35. The summed E-state index contributed by atoms with van der Waals surface area (Å²) in [6, 6.07) is 13.4. The lowest BCUT2D eigenvalue weighted by molar-refractivity contribution is -0.118. The van der Waals surface area contributed by atoms with Crippen molar-refractivity contribution in [3.05, 3.63) is 71.6 Å². The van der Waals surface area contributed by atoms with Gasteiger partial charge in [-0.25, -0.2) is 18.4 Å². The molecule has 33 heavy (non-hydrogen) atoms. The quantitative estimate of drug-likeness (QED) is 0.596. The lowest BCUT2D eigenvalue weighted by atomic mass is 9.99. The van der Waals surface area contributed by atoms with Gasteiger partial charge in [0.25, 0.3) is 10.0 Å². The number of hydrogen-bond donors (Lipinski definition) is 1. The first kappa shape index (κ1) is 21.7. The zero-order chi connectivity index (χ0) is 23.0. The summed E-state index contributed by atoms with van der Waals surface area (Å²) in [6.07, 6.45) is 5.36. The molecule has 1 N–H and O–H groups in total. The number of aromatic nitrogens is 2. The van der Waals surface area contributed by atoms with Crippen molar-refractivity contribution in [2.75, 3.05) is 27.6 Å². The molecule has 0 unspecified atom stereocenters. The number of rotatable bonds is 5. The van der Waals surface area contributed by atoms with Gasteiger partial charge in [0.15, 0.2) is 0 Å². The minimum atomic E-state index is -3.79. The van der Waals surface area contributed by atoms with E-state index < -0.39 is 10.0 Å². The molecule has 0 saturated carbocycles. The molecule has 0 bridgehead atoms. The van der Waals surface area contributed by atoms with Crippen molar-refractivity contribution in [1.82, 2.24) is 9.97 Å². The smallest absolute Gasteiger partial charge is 0.263 e. The number of hydrogen-bond acceptors (Lipinski definition) is 6. The Bertz CT molecular complexity index is 1290. The van der Waals surface area contributed by atoms with Crippen molar-refractivity contribution in [2.24, 2.45) is 0 Å². The Morgan fingerprint density at radius 1 is 1.06 bits per heavy atom. The number of fused-ring (bicyclic) bond motifs is 1. The number of nitrogens with zero attached hydrogens (tertiary/aromatic N) is 4. The number of carbonyl (C=O) groups is 1. The molecule has 1 atom stereocenters. The fourth-order valence-electron chi connectivity index (χ4n) is 4.48. The largest absolute Gasteiger partial charge is 0.359 e. The Morgan fingerprint density at radius 3 is 2.64 bits per heavy atom. The predicted molar refractivity (Wildman–Crippen MR) is 127 cm³/mol. The summed E-state index contributed by atoms with van der Waals surface area (Å²) in [5.74, 6) is 0.210. The number of amides is 1. The number of nitrogens with one attached hydrogen (secondary N) is 1. The molecule has 0 aliphatic carbocycles. The van der Waals surface area contributed by atoms with Gasteiger partial charge in [0, 0.05) is 35.7 Å². The Labute approximate surface area is 197 Å². The van der Waals surface area contributed by atoms with Crippen LogP contribution in [0.15, 0.2) is 66.0 Å². The van der Waals surface area contributed by atoms with Gasteiger partial charge in [-0.2, -0.15) is 0 Å². The van der Waals surface area contributed by atoms with Crippen molar-refractivity contribution in [3.8, 4) is 0 Å². The molecule has 10 heteroatoms. The van der Waals surface area contributed by atoms with Crippen molar-refractivity contribution >= 4 is 44.7 Å². The standard InChI is InChI=1S/C23H22ClN5O3S/c24-17-3-8-20-16(14-17)2-1-12-29(20)21-10-13-28(23(21)30)18-4-6-19(7-5-18)33(31,32)27-22-9-11-25-15-26-22/h3-9,11,14-15,21H,1-2,10,12-13H2,(H,25,26,27)/t21-/m0/s1. The number of carbonyl (C=O) groups excluding carboxylic acids is 1. The fraction of sp³-hybridized carbons (Fsp3) is 0.261. The van der Waals surface area contributed by atoms with Crippen LogP contribution in [-0.2, 0) is 21.2 Å². The molecule has 5 rings (SSSR count). The maximum Gasteiger partial charge on any atom is 0.263 e. The van der Waals surface area contributed by atoms with Crippen LogP contribution in [0.1, 0.15) is 18.4 Å². The Hall–Kier alpha value is -3.17. The molecule has 0 spiro atoms. The third-order valence-corrected chi connectivity index (χ3v) is 7.63. The zero-order valence-corrected chi connectivity index (χ0v) is 19.3. The monoisotopic (exact) mass is 483 g/mol. The van der Waals surface area contributed by atoms with Crippen LogP contribution in [0.2, 0.25) is 5.02 Å². The van der Waals surface area contributed by atoms with Crippen molar-refractivity contribution in [1.29, 1.82) is 0 Å². The van der Waals surface area contributed by atoms with Crippen LogP contribution in [0.25, 0.3) is 0 Å². The van der Waals surface area contributed by atoms with E-state index in [1.54, 1.807) is 17.0 Å². The third kappa shape index (κ3) is 4.26. The first-order valence-corrected chi connectivity index (χ1v) is 12.5.